The van der Waals surface area contributed by atoms with Gasteiger partial charge in [-0.25, -0.2) is 8.42 Å². The van der Waals surface area contributed by atoms with E-state index in [1.165, 1.54) is 5.56 Å². The first-order valence-corrected chi connectivity index (χ1v) is 12.9. The fraction of sp³-hybridized carbons (Fsp3) is 0.480. The number of carbonyl (C=O) groups excluding carboxylic acids is 1. The molecule has 7 heteroatoms. The van der Waals surface area contributed by atoms with Gasteiger partial charge in [0.25, 0.3) is 0 Å². The average molecular weight is 459 g/mol. The van der Waals surface area contributed by atoms with Crippen LogP contribution in [0.2, 0.25) is 0 Å². The molecule has 1 amide bonds. The van der Waals surface area contributed by atoms with Crippen LogP contribution in [-0.4, -0.2) is 38.8 Å². The van der Waals surface area contributed by atoms with Crippen molar-refractivity contribution in [2.24, 2.45) is 0 Å². The van der Waals surface area contributed by atoms with E-state index in [2.05, 4.69) is 12.2 Å². The minimum Gasteiger partial charge on any atom is -0.496 e. The molecule has 0 spiro atoms. The zero-order chi connectivity index (χ0) is 23.0. The van der Waals surface area contributed by atoms with Crippen molar-refractivity contribution >= 4 is 21.6 Å². The molecule has 174 valence electrons. The van der Waals surface area contributed by atoms with E-state index in [1.807, 2.05) is 24.3 Å². The molecule has 1 N–H and O–H groups in total. The van der Waals surface area contributed by atoms with Gasteiger partial charge in [0.05, 0.1) is 12.0 Å². The minimum atomic E-state index is -3.53. The van der Waals surface area contributed by atoms with Crippen molar-refractivity contribution in [2.45, 2.75) is 63.2 Å². The van der Waals surface area contributed by atoms with E-state index in [-0.39, 0.29) is 17.2 Å². The molecule has 0 unspecified atom stereocenters. The van der Waals surface area contributed by atoms with Gasteiger partial charge in [-0.15, -0.1) is 0 Å². The summed E-state index contributed by atoms with van der Waals surface area (Å²) in [6.45, 7) is 3.29. The summed E-state index contributed by atoms with van der Waals surface area (Å²) in [5.41, 5.74) is 2.75. The SMILES string of the molecule is CCCCc1ccc(NC(=O)CCc2cc(S(=O)(=O)N3CCCCC3)ccc2OC)cc1. The Kier molecular flexibility index (Phi) is 8.70. The second kappa shape index (κ2) is 11.5. The summed E-state index contributed by atoms with van der Waals surface area (Å²) >= 11 is 0. The Bertz CT molecular complexity index is 997. The number of anilines is 1. The number of amides is 1. The van der Waals surface area contributed by atoms with Gasteiger partial charge in [0.15, 0.2) is 0 Å². The first kappa shape index (κ1) is 24.3. The van der Waals surface area contributed by atoms with Crippen LogP contribution in [0.4, 0.5) is 5.69 Å². The van der Waals surface area contributed by atoms with Crippen LogP contribution in [0.3, 0.4) is 0 Å². The molecule has 1 heterocycles. The third-order valence-electron chi connectivity index (χ3n) is 5.88. The van der Waals surface area contributed by atoms with Crippen molar-refractivity contribution in [3.8, 4) is 5.75 Å². The number of carbonyl (C=O) groups is 1. The average Bonchev–Trinajstić information content (AvgIpc) is 2.82. The number of methoxy groups -OCH3 is 1. The fourth-order valence-corrected chi connectivity index (χ4v) is 5.54. The summed E-state index contributed by atoms with van der Waals surface area (Å²) in [7, 11) is -1.98. The quantitative estimate of drug-likeness (QED) is 0.556. The van der Waals surface area contributed by atoms with E-state index in [1.54, 1.807) is 29.6 Å². The molecule has 0 aromatic heterocycles. The predicted molar refractivity (Wildman–Crippen MR) is 128 cm³/mol. The lowest BCUT2D eigenvalue weighted by atomic mass is 10.1. The first-order valence-electron chi connectivity index (χ1n) is 11.5. The van der Waals surface area contributed by atoms with E-state index in [0.29, 0.717) is 25.3 Å². The molecule has 0 bridgehead atoms. The Hall–Kier alpha value is -2.38. The number of hydrogen-bond donors (Lipinski definition) is 1. The highest BCUT2D eigenvalue weighted by Crippen LogP contribution is 2.27. The molecule has 0 atom stereocenters. The number of aryl methyl sites for hydroxylation is 2. The monoisotopic (exact) mass is 458 g/mol. The molecule has 3 rings (SSSR count). The molecular weight excluding hydrogens is 424 g/mol. The van der Waals surface area contributed by atoms with Gasteiger partial charge in [-0.2, -0.15) is 4.31 Å². The lowest BCUT2D eigenvalue weighted by Gasteiger charge is -2.26. The third kappa shape index (κ3) is 6.33. The van der Waals surface area contributed by atoms with Gasteiger partial charge < -0.3 is 10.1 Å². The van der Waals surface area contributed by atoms with Gasteiger partial charge in [0, 0.05) is 25.2 Å². The Labute approximate surface area is 192 Å². The van der Waals surface area contributed by atoms with Crippen molar-refractivity contribution in [3.05, 3.63) is 53.6 Å². The maximum Gasteiger partial charge on any atom is 0.243 e. The number of unbranched alkanes of at least 4 members (excludes halogenated alkanes) is 1. The van der Waals surface area contributed by atoms with Crippen LogP contribution in [0.1, 0.15) is 56.6 Å². The van der Waals surface area contributed by atoms with E-state index in [4.69, 9.17) is 4.74 Å². The standard InChI is InChI=1S/C25H34N2O4S/c1-3-4-8-20-9-12-22(13-10-20)26-25(28)16-11-21-19-23(14-15-24(21)31-2)32(29,30)27-17-6-5-7-18-27/h9-10,12-15,19H,3-8,11,16-18H2,1-2H3,(H,26,28). The highest BCUT2D eigenvalue weighted by Gasteiger charge is 2.26. The molecule has 6 nitrogen and oxygen atoms in total. The number of nitrogens with zero attached hydrogens (tertiary/aromatic N) is 1. The molecule has 32 heavy (non-hydrogen) atoms. The van der Waals surface area contributed by atoms with Crippen LogP contribution in [0, 0.1) is 0 Å². The number of hydrogen-bond acceptors (Lipinski definition) is 4. The number of rotatable bonds is 10. The number of sulfonamides is 1. The number of nitrogens with one attached hydrogen (secondary N) is 1. The van der Waals surface area contributed by atoms with Gasteiger partial charge in [0.1, 0.15) is 5.75 Å². The van der Waals surface area contributed by atoms with Gasteiger partial charge in [0.2, 0.25) is 15.9 Å². The molecule has 1 aliphatic heterocycles. The largest absolute Gasteiger partial charge is 0.496 e. The summed E-state index contributed by atoms with van der Waals surface area (Å²) in [5.74, 6) is 0.480. The first-order chi connectivity index (χ1) is 15.4. The van der Waals surface area contributed by atoms with Crippen LogP contribution in [0.15, 0.2) is 47.4 Å². The maximum atomic E-state index is 13.0. The zero-order valence-corrected chi connectivity index (χ0v) is 19.9. The molecule has 2 aromatic rings. The molecule has 1 saturated heterocycles. The van der Waals surface area contributed by atoms with E-state index in [9.17, 15) is 13.2 Å². The Morgan fingerprint density at radius 1 is 1.03 bits per heavy atom. The molecule has 0 saturated carbocycles. The summed E-state index contributed by atoms with van der Waals surface area (Å²) in [6, 6.07) is 12.9. The Balaban J connectivity index is 1.64. The number of benzene rings is 2. The van der Waals surface area contributed by atoms with E-state index < -0.39 is 10.0 Å². The van der Waals surface area contributed by atoms with Gasteiger partial charge >= 0.3 is 0 Å². The normalized spacial score (nSPS) is 14.8. The van der Waals surface area contributed by atoms with Crippen molar-refractivity contribution in [2.75, 3.05) is 25.5 Å². The fourth-order valence-electron chi connectivity index (χ4n) is 3.97. The third-order valence-corrected chi connectivity index (χ3v) is 7.78. The Morgan fingerprint density at radius 3 is 2.41 bits per heavy atom. The Morgan fingerprint density at radius 2 is 1.75 bits per heavy atom. The van der Waals surface area contributed by atoms with Crippen molar-refractivity contribution in [3.63, 3.8) is 0 Å². The smallest absolute Gasteiger partial charge is 0.243 e. The molecule has 0 radical (unpaired) electrons. The molecular formula is C25H34N2O4S. The summed E-state index contributed by atoms with van der Waals surface area (Å²) in [4.78, 5) is 12.8. The second-order valence-electron chi connectivity index (χ2n) is 8.29. The minimum absolute atomic E-state index is 0.113. The summed E-state index contributed by atoms with van der Waals surface area (Å²) in [6.07, 6.45) is 6.83. The van der Waals surface area contributed by atoms with Gasteiger partial charge in [-0.1, -0.05) is 31.9 Å². The molecule has 0 aliphatic carbocycles. The summed E-state index contributed by atoms with van der Waals surface area (Å²) in [5, 5.41) is 2.92. The van der Waals surface area contributed by atoms with Gasteiger partial charge in [-0.3, -0.25) is 4.79 Å². The van der Waals surface area contributed by atoms with Crippen molar-refractivity contribution in [1.29, 1.82) is 0 Å². The highest BCUT2D eigenvalue weighted by atomic mass is 32.2. The molecule has 1 fully saturated rings. The molecule has 2 aromatic carbocycles. The van der Waals surface area contributed by atoms with Gasteiger partial charge in [-0.05, 0) is 73.6 Å². The zero-order valence-electron chi connectivity index (χ0n) is 19.1. The summed E-state index contributed by atoms with van der Waals surface area (Å²) < 4.78 is 33.0. The van der Waals surface area contributed by atoms with Crippen molar-refractivity contribution < 1.29 is 17.9 Å². The lowest BCUT2D eigenvalue weighted by molar-refractivity contribution is -0.116. The van der Waals surface area contributed by atoms with E-state index >= 15 is 0 Å². The predicted octanol–water partition coefficient (Wildman–Crippen LogP) is 4.78. The highest BCUT2D eigenvalue weighted by molar-refractivity contribution is 7.89. The van der Waals surface area contributed by atoms with Crippen LogP contribution < -0.4 is 10.1 Å². The van der Waals surface area contributed by atoms with Crippen molar-refractivity contribution in [1.82, 2.24) is 4.31 Å². The van der Waals surface area contributed by atoms with Crippen LogP contribution in [-0.2, 0) is 27.7 Å². The lowest BCUT2D eigenvalue weighted by Crippen LogP contribution is -2.35. The van der Waals surface area contributed by atoms with Crippen LogP contribution in [0.5, 0.6) is 5.75 Å². The second-order valence-corrected chi connectivity index (χ2v) is 10.2. The topological polar surface area (TPSA) is 75.7 Å². The molecule has 1 aliphatic rings. The van der Waals surface area contributed by atoms with E-state index in [0.717, 1.165) is 49.8 Å². The maximum absolute atomic E-state index is 13.0. The van der Waals surface area contributed by atoms with Crippen LogP contribution in [0.25, 0.3) is 0 Å². The number of piperidine rings is 1. The number of ether oxygens (including phenoxy) is 1. The van der Waals surface area contributed by atoms with Crippen LogP contribution >= 0.6 is 0 Å².